The zero-order chi connectivity index (χ0) is 21.0. The smallest absolute Gasteiger partial charge is 0.227 e. The number of hydrogen-bond acceptors (Lipinski definition) is 8. The number of aromatic nitrogens is 5. The van der Waals surface area contributed by atoms with Crippen molar-refractivity contribution in [3.63, 3.8) is 0 Å². The predicted octanol–water partition coefficient (Wildman–Crippen LogP) is 2.63. The monoisotopic (exact) mass is 412 g/mol. The molecule has 2 aromatic heterocycles. The molecule has 1 saturated heterocycles. The molecule has 1 fully saturated rings. The first kappa shape index (κ1) is 19.0. The summed E-state index contributed by atoms with van der Waals surface area (Å²) in [5.41, 5.74) is 3.16. The number of hydrogen-bond donors (Lipinski definition) is 2. The van der Waals surface area contributed by atoms with Crippen LogP contribution in [0.2, 0.25) is 0 Å². The highest BCUT2D eigenvalue weighted by Gasteiger charge is 2.18. The summed E-state index contributed by atoms with van der Waals surface area (Å²) in [5.74, 6) is 1.03. The lowest BCUT2D eigenvalue weighted by atomic mass is 10.1. The molecule has 0 bridgehead atoms. The summed E-state index contributed by atoms with van der Waals surface area (Å²) in [5, 5.41) is 21.0. The lowest BCUT2D eigenvalue weighted by Crippen LogP contribution is -2.20. The van der Waals surface area contributed by atoms with E-state index in [4.69, 9.17) is 4.74 Å². The van der Waals surface area contributed by atoms with Crippen molar-refractivity contribution in [2.75, 3.05) is 18.4 Å². The van der Waals surface area contributed by atoms with Gasteiger partial charge in [-0.1, -0.05) is 12.1 Å². The van der Waals surface area contributed by atoms with Crippen molar-refractivity contribution in [3.8, 4) is 11.8 Å². The maximum atomic E-state index is 9.51. The first-order valence-electron chi connectivity index (χ1n) is 10.0. The number of rotatable bonds is 6. The summed E-state index contributed by atoms with van der Waals surface area (Å²) >= 11 is 0. The highest BCUT2D eigenvalue weighted by Crippen LogP contribution is 2.27. The van der Waals surface area contributed by atoms with Crippen LogP contribution in [-0.2, 0) is 6.54 Å². The molecule has 0 spiro atoms. The zero-order valence-electron chi connectivity index (χ0n) is 16.7. The molecule has 31 heavy (non-hydrogen) atoms. The van der Waals surface area contributed by atoms with Crippen LogP contribution in [0.25, 0.3) is 10.9 Å². The Morgan fingerprint density at radius 2 is 2.26 bits per heavy atom. The van der Waals surface area contributed by atoms with Crippen LogP contribution in [0.15, 0.2) is 55.2 Å². The second-order valence-corrected chi connectivity index (χ2v) is 7.36. The molecule has 0 unspecified atom stereocenters. The van der Waals surface area contributed by atoms with Gasteiger partial charge in [0, 0.05) is 29.9 Å². The van der Waals surface area contributed by atoms with Crippen LogP contribution in [0, 0.1) is 11.3 Å². The van der Waals surface area contributed by atoms with Crippen LogP contribution in [-0.4, -0.2) is 43.9 Å². The van der Waals surface area contributed by atoms with Gasteiger partial charge in [-0.2, -0.15) is 10.4 Å². The number of nitrogens with zero attached hydrogens (tertiary/aromatic N) is 6. The summed E-state index contributed by atoms with van der Waals surface area (Å²) in [6, 6.07) is 13.8. The van der Waals surface area contributed by atoms with E-state index in [1.165, 1.54) is 6.33 Å². The van der Waals surface area contributed by atoms with Crippen LogP contribution >= 0.6 is 0 Å². The quantitative estimate of drug-likeness (QED) is 0.497. The fraction of sp³-hybridized carbons (Fsp3) is 0.227. The fourth-order valence-electron chi connectivity index (χ4n) is 3.59. The van der Waals surface area contributed by atoms with Crippen molar-refractivity contribution >= 4 is 22.5 Å². The van der Waals surface area contributed by atoms with Crippen molar-refractivity contribution in [2.45, 2.75) is 19.1 Å². The molecule has 9 heteroatoms. The minimum atomic E-state index is 0.0664. The Morgan fingerprint density at radius 3 is 3.06 bits per heavy atom. The largest absolute Gasteiger partial charge is 0.488 e. The predicted molar refractivity (Wildman–Crippen MR) is 115 cm³/mol. The molecule has 4 aromatic rings. The van der Waals surface area contributed by atoms with Gasteiger partial charge in [-0.25, -0.2) is 19.6 Å². The third-order valence-electron chi connectivity index (χ3n) is 5.10. The number of nitrogens with one attached hydrogen (secondary N) is 2. The SMILES string of the molecule is N#Cc1cc2cnc(Nc3cccc(Cn4cncn4)c3)nc2cc1O[C@@H]1CCNC1. The van der Waals surface area contributed by atoms with E-state index in [1.807, 2.05) is 30.3 Å². The Kier molecular flexibility index (Phi) is 5.12. The van der Waals surface area contributed by atoms with Crippen molar-refractivity contribution in [2.24, 2.45) is 0 Å². The summed E-state index contributed by atoms with van der Waals surface area (Å²) < 4.78 is 7.81. The topological polar surface area (TPSA) is 114 Å². The van der Waals surface area contributed by atoms with Gasteiger partial charge < -0.3 is 15.4 Å². The van der Waals surface area contributed by atoms with Crippen LogP contribution in [0.5, 0.6) is 5.75 Å². The molecule has 9 nitrogen and oxygen atoms in total. The second kappa shape index (κ2) is 8.38. The third kappa shape index (κ3) is 4.29. The van der Waals surface area contributed by atoms with E-state index in [9.17, 15) is 5.26 Å². The van der Waals surface area contributed by atoms with E-state index in [0.717, 1.165) is 41.7 Å². The highest BCUT2D eigenvalue weighted by atomic mass is 16.5. The summed E-state index contributed by atoms with van der Waals surface area (Å²) in [7, 11) is 0. The van der Waals surface area contributed by atoms with Gasteiger partial charge in [0.1, 0.15) is 30.6 Å². The van der Waals surface area contributed by atoms with Crippen LogP contribution in [0.4, 0.5) is 11.6 Å². The minimum absolute atomic E-state index is 0.0664. The average molecular weight is 412 g/mol. The molecule has 1 aliphatic rings. The molecule has 2 N–H and O–H groups in total. The first-order chi connectivity index (χ1) is 15.3. The third-order valence-corrected chi connectivity index (χ3v) is 5.10. The molecular weight excluding hydrogens is 392 g/mol. The van der Waals surface area contributed by atoms with Crippen LogP contribution < -0.4 is 15.4 Å². The molecule has 154 valence electrons. The summed E-state index contributed by atoms with van der Waals surface area (Å²) in [6.45, 7) is 2.33. The molecule has 3 heterocycles. The standard InChI is InChI=1S/C22H20N8O/c23-9-16-7-17-10-26-22(29-20(17)8-21(16)31-19-4-5-24-11-19)28-18-3-1-2-15(6-18)12-30-14-25-13-27-30/h1-3,6-8,10,13-14,19,24H,4-5,11-12H2,(H,26,28,29)/t19-/m1/s1. The fourth-order valence-corrected chi connectivity index (χ4v) is 3.59. The van der Waals surface area contributed by atoms with Gasteiger partial charge in [0.15, 0.2) is 0 Å². The van der Waals surface area contributed by atoms with E-state index >= 15 is 0 Å². The molecule has 1 aliphatic heterocycles. The van der Waals surface area contributed by atoms with Gasteiger partial charge in [0.25, 0.3) is 0 Å². The first-order valence-corrected chi connectivity index (χ1v) is 10.0. The maximum Gasteiger partial charge on any atom is 0.227 e. The van der Waals surface area contributed by atoms with Gasteiger partial charge in [0.05, 0.1) is 17.6 Å². The second-order valence-electron chi connectivity index (χ2n) is 7.36. The lowest BCUT2D eigenvalue weighted by Gasteiger charge is -2.14. The van der Waals surface area contributed by atoms with E-state index < -0.39 is 0 Å². The zero-order valence-corrected chi connectivity index (χ0v) is 16.7. The number of nitriles is 1. The summed E-state index contributed by atoms with van der Waals surface area (Å²) in [6.07, 6.45) is 5.90. The Bertz CT molecular complexity index is 1240. The molecule has 0 radical (unpaired) electrons. The normalized spacial score (nSPS) is 15.6. The van der Waals surface area contributed by atoms with Gasteiger partial charge in [-0.3, -0.25) is 0 Å². The van der Waals surface area contributed by atoms with E-state index in [-0.39, 0.29) is 6.10 Å². The Labute approximate surface area is 178 Å². The number of anilines is 2. The van der Waals surface area contributed by atoms with Crippen molar-refractivity contribution in [1.82, 2.24) is 30.0 Å². The molecule has 0 amide bonds. The average Bonchev–Trinajstić information content (AvgIpc) is 3.48. The highest BCUT2D eigenvalue weighted by molar-refractivity contribution is 5.83. The molecular formula is C22H20N8O. The van der Waals surface area contributed by atoms with Gasteiger partial charge in [0.2, 0.25) is 5.95 Å². The number of ether oxygens (including phenoxy) is 1. The molecule has 0 saturated carbocycles. The van der Waals surface area contributed by atoms with E-state index in [0.29, 0.717) is 23.8 Å². The van der Waals surface area contributed by atoms with Crippen LogP contribution in [0.1, 0.15) is 17.5 Å². The lowest BCUT2D eigenvalue weighted by molar-refractivity contribution is 0.222. The van der Waals surface area contributed by atoms with E-state index in [2.05, 4.69) is 36.8 Å². The molecule has 5 rings (SSSR count). The molecule has 1 atom stereocenters. The van der Waals surface area contributed by atoms with Gasteiger partial charge in [-0.15, -0.1) is 0 Å². The maximum absolute atomic E-state index is 9.51. The van der Waals surface area contributed by atoms with Crippen molar-refractivity contribution in [1.29, 1.82) is 5.26 Å². The van der Waals surface area contributed by atoms with Crippen molar-refractivity contribution < 1.29 is 4.74 Å². The number of fused-ring (bicyclic) bond motifs is 1. The van der Waals surface area contributed by atoms with Crippen molar-refractivity contribution in [3.05, 3.63) is 66.4 Å². The summed E-state index contributed by atoms with van der Waals surface area (Å²) in [4.78, 5) is 13.0. The molecule has 0 aliphatic carbocycles. The Morgan fingerprint density at radius 1 is 1.29 bits per heavy atom. The Hall–Kier alpha value is -4.03. The van der Waals surface area contributed by atoms with E-state index in [1.54, 1.807) is 23.3 Å². The van der Waals surface area contributed by atoms with Crippen LogP contribution in [0.3, 0.4) is 0 Å². The van der Waals surface area contributed by atoms with Gasteiger partial charge >= 0.3 is 0 Å². The Balaban J connectivity index is 1.39. The minimum Gasteiger partial charge on any atom is -0.488 e. The van der Waals surface area contributed by atoms with Gasteiger partial charge in [-0.05, 0) is 36.7 Å². The number of benzene rings is 2. The molecule has 2 aromatic carbocycles.